The second-order valence-corrected chi connectivity index (χ2v) is 9.60. The zero-order valence-electron chi connectivity index (χ0n) is 21.7. The normalized spacial score (nSPS) is 11.6. The fourth-order valence-corrected chi connectivity index (χ4v) is 5.04. The van der Waals surface area contributed by atoms with E-state index in [-0.39, 0.29) is 22.0 Å². The van der Waals surface area contributed by atoms with E-state index < -0.39 is 17.9 Å². The lowest BCUT2D eigenvalue weighted by Crippen LogP contribution is -2.42. The molecule has 1 amide bonds. The third-order valence-electron chi connectivity index (χ3n) is 6.32. The molecular formula is C29H26Cl2N2O6. The average Bonchev–Trinajstić information content (AvgIpc) is 3.25. The van der Waals surface area contributed by atoms with Gasteiger partial charge in [-0.25, -0.2) is 4.79 Å². The summed E-state index contributed by atoms with van der Waals surface area (Å²) >= 11 is 12.2. The maximum absolute atomic E-state index is 12.8. The number of methoxy groups -OCH3 is 2. The molecule has 0 spiro atoms. The Morgan fingerprint density at radius 2 is 1.64 bits per heavy atom. The van der Waals surface area contributed by atoms with E-state index in [1.807, 2.05) is 38.1 Å². The van der Waals surface area contributed by atoms with Crippen LogP contribution in [0, 0.1) is 13.8 Å². The van der Waals surface area contributed by atoms with Gasteiger partial charge < -0.3 is 24.4 Å². The topological polar surface area (TPSA) is 111 Å². The number of halogens is 2. The summed E-state index contributed by atoms with van der Waals surface area (Å²) < 4.78 is 16.8. The van der Waals surface area contributed by atoms with Crippen molar-refractivity contribution in [3.63, 3.8) is 0 Å². The molecule has 0 aliphatic carbocycles. The second kappa shape index (κ2) is 11.8. The fraction of sp³-hybridized carbons (Fsp3) is 0.207. The minimum Gasteiger partial charge on any atom is -0.496 e. The first kappa shape index (κ1) is 28.0. The van der Waals surface area contributed by atoms with Gasteiger partial charge in [0.15, 0.2) is 0 Å². The van der Waals surface area contributed by atoms with Crippen LogP contribution < -0.4 is 14.8 Å². The predicted octanol–water partition coefficient (Wildman–Crippen LogP) is 6.38. The number of hydrogen-bond donors (Lipinski definition) is 2. The first-order chi connectivity index (χ1) is 18.7. The van der Waals surface area contributed by atoms with Gasteiger partial charge in [-0.05, 0) is 49.2 Å². The number of aryl methyl sites for hydroxylation is 2. The number of aliphatic carboxylic acids is 1. The molecule has 202 valence electrons. The summed E-state index contributed by atoms with van der Waals surface area (Å²) in [6.07, 6.45) is 0.0385. The molecule has 0 unspecified atom stereocenters. The molecule has 0 fully saturated rings. The van der Waals surface area contributed by atoms with Crippen molar-refractivity contribution < 1.29 is 28.7 Å². The largest absolute Gasteiger partial charge is 0.496 e. The fourth-order valence-electron chi connectivity index (χ4n) is 4.47. The molecule has 10 heteroatoms. The van der Waals surface area contributed by atoms with Crippen LogP contribution in [0.4, 0.5) is 0 Å². The van der Waals surface area contributed by atoms with Crippen molar-refractivity contribution in [2.45, 2.75) is 26.3 Å². The van der Waals surface area contributed by atoms with Crippen molar-refractivity contribution in [1.29, 1.82) is 0 Å². The SMILES string of the molecule is COc1ccc(-c2c(C)noc2C)c(OC)c1-c1ccc(C[C@H](NC(=O)c2c(Cl)cccc2Cl)C(=O)O)cc1. The monoisotopic (exact) mass is 568 g/mol. The minimum absolute atomic E-state index is 0.0276. The average molecular weight is 569 g/mol. The molecule has 8 nitrogen and oxygen atoms in total. The van der Waals surface area contributed by atoms with Crippen molar-refractivity contribution in [1.82, 2.24) is 10.5 Å². The van der Waals surface area contributed by atoms with E-state index in [0.29, 0.717) is 22.8 Å². The number of ether oxygens (including phenoxy) is 2. The number of nitrogens with zero attached hydrogens (tertiary/aromatic N) is 1. The lowest BCUT2D eigenvalue weighted by molar-refractivity contribution is -0.139. The van der Waals surface area contributed by atoms with Gasteiger partial charge in [0.1, 0.15) is 23.3 Å². The Bertz CT molecular complexity index is 1490. The lowest BCUT2D eigenvalue weighted by Gasteiger charge is -2.18. The predicted molar refractivity (Wildman–Crippen MR) is 149 cm³/mol. The Morgan fingerprint density at radius 1 is 0.974 bits per heavy atom. The molecule has 4 rings (SSSR count). The molecule has 1 atom stereocenters. The number of nitrogens with one attached hydrogen (secondary N) is 1. The van der Waals surface area contributed by atoms with Crippen molar-refractivity contribution >= 4 is 35.1 Å². The van der Waals surface area contributed by atoms with Crippen LogP contribution in [0.15, 0.2) is 59.1 Å². The number of carbonyl (C=O) groups is 2. The number of carbonyl (C=O) groups excluding carboxylic acids is 1. The maximum atomic E-state index is 12.8. The molecular weight excluding hydrogens is 543 g/mol. The molecule has 2 N–H and O–H groups in total. The lowest BCUT2D eigenvalue weighted by atomic mass is 9.94. The van der Waals surface area contributed by atoms with Crippen LogP contribution in [-0.4, -0.2) is 42.4 Å². The molecule has 0 saturated heterocycles. The Hall–Kier alpha value is -4.01. The van der Waals surface area contributed by atoms with Crippen molar-refractivity contribution in [2.24, 2.45) is 0 Å². The summed E-state index contributed by atoms with van der Waals surface area (Å²) in [5, 5.41) is 16.6. The van der Waals surface area contributed by atoms with E-state index in [1.54, 1.807) is 32.4 Å². The van der Waals surface area contributed by atoms with E-state index in [0.717, 1.165) is 27.9 Å². The smallest absolute Gasteiger partial charge is 0.326 e. The van der Waals surface area contributed by atoms with Crippen molar-refractivity contribution in [3.8, 4) is 33.8 Å². The van der Waals surface area contributed by atoms with Gasteiger partial charge >= 0.3 is 5.97 Å². The standard InChI is InChI=1S/C29H26Cl2N2O6/c1-15-24(16(2)39-33-15)19-12-13-23(37-3)25(27(19)38-4)18-10-8-17(9-11-18)14-22(29(35)36)32-28(34)26-20(30)6-5-7-21(26)31/h5-13,22H,14H2,1-4H3,(H,32,34)(H,35,36)/t22-/m0/s1. The van der Waals surface area contributed by atoms with Gasteiger partial charge in [0, 0.05) is 12.0 Å². The highest BCUT2D eigenvalue weighted by Gasteiger charge is 2.25. The number of carboxylic acids is 1. The number of hydrogen-bond acceptors (Lipinski definition) is 6. The molecule has 3 aromatic carbocycles. The van der Waals surface area contributed by atoms with Gasteiger partial charge in [-0.2, -0.15) is 0 Å². The van der Waals surface area contributed by atoms with E-state index >= 15 is 0 Å². The van der Waals surface area contributed by atoms with Gasteiger partial charge in [0.25, 0.3) is 5.91 Å². The van der Waals surface area contributed by atoms with Crippen molar-refractivity contribution in [3.05, 3.63) is 87.2 Å². The number of benzene rings is 3. The quantitative estimate of drug-likeness (QED) is 0.241. The Morgan fingerprint density at radius 3 is 2.18 bits per heavy atom. The van der Waals surface area contributed by atoms with Crippen LogP contribution in [0.1, 0.15) is 27.4 Å². The maximum Gasteiger partial charge on any atom is 0.326 e. The van der Waals surface area contributed by atoms with E-state index in [4.69, 9.17) is 37.2 Å². The molecule has 1 heterocycles. The third-order valence-corrected chi connectivity index (χ3v) is 6.95. The Kier molecular flexibility index (Phi) is 8.47. The zero-order valence-corrected chi connectivity index (χ0v) is 23.2. The summed E-state index contributed by atoms with van der Waals surface area (Å²) in [5.74, 6) is -0.00497. The molecule has 39 heavy (non-hydrogen) atoms. The van der Waals surface area contributed by atoms with Crippen LogP contribution in [-0.2, 0) is 11.2 Å². The molecule has 0 aliphatic heterocycles. The van der Waals surface area contributed by atoms with Gasteiger partial charge in [0.2, 0.25) is 0 Å². The number of carboxylic acid groups (broad SMARTS) is 1. The molecule has 0 saturated carbocycles. The summed E-state index contributed by atoms with van der Waals surface area (Å²) in [6, 6.07) is 14.4. The van der Waals surface area contributed by atoms with Crippen LogP contribution in [0.5, 0.6) is 11.5 Å². The summed E-state index contributed by atoms with van der Waals surface area (Å²) in [5.41, 5.74) is 4.61. The highest BCUT2D eigenvalue weighted by Crippen LogP contribution is 2.46. The van der Waals surface area contributed by atoms with Crippen LogP contribution in [0.25, 0.3) is 22.3 Å². The van der Waals surface area contributed by atoms with Crippen molar-refractivity contribution in [2.75, 3.05) is 14.2 Å². The Balaban J connectivity index is 1.65. The molecule has 0 radical (unpaired) electrons. The van der Waals surface area contributed by atoms with E-state index in [1.165, 1.54) is 12.1 Å². The first-order valence-corrected chi connectivity index (χ1v) is 12.7. The van der Waals surface area contributed by atoms with Gasteiger partial charge in [0.05, 0.1) is 46.6 Å². The molecule has 0 aliphatic rings. The second-order valence-electron chi connectivity index (χ2n) is 8.78. The van der Waals surface area contributed by atoms with Gasteiger partial charge in [-0.15, -0.1) is 0 Å². The van der Waals surface area contributed by atoms with Gasteiger partial charge in [-0.3, -0.25) is 4.79 Å². The highest BCUT2D eigenvalue weighted by molar-refractivity contribution is 6.39. The molecule has 0 bridgehead atoms. The van der Waals surface area contributed by atoms with E-state index in [9.17, 15) is 14.7 Å². The van der Waals surface area contributed by atoms with Gasteiger partial charge in [-0.1, -0.05) is 58.7 Å². The third kappa shape index (κ3) is 5.72. The summed E-state index contributed by atoms with van der Waals surface area (Å²) in [7, 11) is 3.16. The number of amides is 1. The number of aromatic nitrogens is 1. The first-order valence-electron chi connectivity index (χ1n) is 11.9. The molecule has 4 aromatic rings. The number of rotatable bonds is 9. The van der Waals surface area contributed by atoms with Crippen LogP contribution in [0.3, 0.4) is 0 Å². The zero-order chi connectivity index (χ0) is 28.3. The Labute approximate surface area is 235 Å². The van der Waals surface area contributed by atoms with E-state index in [2.05, 4.69) is 10.5 Å². The minimum atomic E-state index is -1.21. The highest BCUT2D eigenvalue weighted by atomic mass is 35.5. The summed E-state index contributed by atoms with van der Waals surface area (Å²) in [4.78, 5) is 24.7. The van der Waals surface area contributed by atoms with Crippen LogP contribution >= 0.6 is 23.2 Å². The molecule has 1 aromatic heterocycles. The van der Waals surface area contributed by atoms with Crippen LogP contribution in [0.2, 0.25) is 10.0 Å². The summed E-state index contributed by atoms with van der Waals surface area (Å²) in [6.45, 7) is 3.70.